The number of carbonyl (C=O) groups excluding carboxylic acids is 1. The smallest absolute Gasteiger partial charge is 0.227 e. The Kier molecular flexibility index (Phi) is 7.19. The summed E-state index contributed by atoms with van der Waals surface area (Å²) in [5, 5.41) is 15.7. The van der Waals surface area contributed by atoms with Gasteiger partial charge in [-0.25, -0.2) is 9.38 Å². The van der Waals surface area contributed by atoms with Crippen LogP contribution in [0.25, 0.3) is 0 Å². The van der Waals surface area contributed by atoms with Crippen molar-refractivity contribution in [3.63, 3.8) is 0 Å². The third-order valence-corrected chi connectivity index (χ3v) is 4.83. The first kappa shape index (κ1) is 20.8. The number of anilines is 1. The van der Waals surface area contributed by atoms with Gasteiger partial charge in [-0.1, -0.05) is 18.2 Å². The average molecular weight is 398 g/mol. The van der Waals surface area contributed by atoms with Gasteiger partial charge >= 0.3 is 0 Å². The lowest BCUT2D eigenvalue weighted by molar-refractivity contribution is -0.117. The van der Waals surface area contributed by atoms with Crippen molar-refractivity contribution in [2.24, 2.45) is 4.99 Å². The summed E-state index contributed by atoms with van der Waals surface area (Å²) < 4.78 is 13.5. The van der Waals surface area contributed by atoms with Crippen molar-refractivity contribution in [3.05, 3.63) is 65.0 Å². The van der Waals surface area contributed by atoms with Gasteiger partial charge in [-0.3, -0.25) is 4.79 Å². The minimum Gasteiger partial charge on any atom is -0.392 e. The van der Waals surface area contributed by atoms with Crippen molar-refractivity contribution in [3.8, 4) is 0 Å². The van der Waals surface area contributed by atoms with Gasteiger partial charge in [-0.2, -0.15) is 0 Å². The van der Waals surface area contributed by atoms with Crippen molar-refractivity contribution in [2.45, 2.75) is 39.5 Å². The minimum absolute atomic E-state index is 0.183. The van der Waals surface area contributed by atoms with Crippen LogP contribution in [-0.4, -0.2) is 30.1 Å². The molecule has 7 heteroatoms. The molecule has 2 aromatic carbocycles. The van der Waals surface area contributed by atoms with Gasteiger partial charge in [0.05, 0.1) is 13.2 Å². The standard InChI is InChI=1S/C22H27FN4O2/c1-2-24-22(26-14-17-7-10-20(23)18(12-17)15-28)25-13-16-5-8-19(9-6-16)27-11-3-4-21(27)29/h5-10,12,28H,2-4,11,13-15H2,1H3,(H2,24,25,26). The Hall–Kier alpha value is -2.93. The number of guanidine groups is 1. The van der Waals surface area contributed by atoms with Crippen LogP contribution < -0.4 is 15.5 Å². The molecule has 0 radical (unpaired) electrons. The number of halogens is 1. The maximum Gasteiger partial charge on any atom is 0.227 e. The molecule has 0 atom stereocenters. The number of amides is 1. The molecule has 0 unspecified atom stereocenters. The van der Waals surface area contributed by atoms with E-state index in [-0.39, 0.29) is 18.1 Å². The first-order valence-corrected chi connectivity index (χ1v) is 9.90. The number of nitrogens with one attached hydrogen (secondary N) is 2. The molecule has 1 amide bonds. The summed E-state index contributed by atoms with van der Waals surface area (Å²) in [4.78, 5) is 18.2. The molecule has 2 aromatic rings. The molecule has 0 saturated carbocycles. The van der Waals surface area contributed by atoms with Crippen molar-refractivity contribution in [2.75, 3.05) is 18.0 Å². The van der Waals surface area contributed by atoms with Crippen molar-refractivity contribution in [1.29, 1.82) is 0 Å². The van der Waals surface area contributed by atoms with E-state index in [4.69, 9.17) is 0 Å². The number of benzene rings is 2. The van der Waals surface area contributed by atoms with E-state index >= 15 is 0 Å². The molecule has 1 aliphatic heterocycles. The number of rotatable bonds is 7. The molecule has 3 N–H and O–H groups in total. The molecular formula is C22H27FN4O2. The van der Waals surface area contributed by atoms with Gasteiger partial charge in [0, 0.05) is 37.3 Å². The monoisotopic (exact) mass is 398 g/mol. The van der Waals surface area contributed by atoms with E-state index in [9.17, 15) is 14.3 Å². The van der Waals surface area contributed by atoms with Gasteiger partial charge in [-0.05, 0) is 48.7 Å². The fourth-order valence-electron chi connectivity index (χ4n) is 3.26. The van der Waals surface area contributed by atoms with Gasteiger partial charge in [0.25, 0.3) is 0 Å². The highest BCUT2D eigenvalue weighted by molar-refractivity contribution is 5.95. The van der Waals surface area contributed by atoms with Crippen LogP contribution in [0, 0.1) is 5.82 Å². The van der Waals surface area contributed by atoms with Crippen LogP contribution in [0.2, 0.25) is 0 Å². The number of hydrogen-bond donors (Lipinski definition) is 3. The summed E-state index contributed by atoms with van der Waals surface area (Å²) in [6, 6.07) is 12.6. The highest BCUT2D eigenvalue weighted by atomic mass is 19.1. The van der Waals surface area contributed by atoms with Gasteiger partial charge in [-0.15, -0.1) is 0 Å². The van der Waals surface area contributed by atoms with Crippen LogP contribution in [0.3, 0.4) is 0 Å². The van der Waals surface area contributed by atoms with E-state index in [1.807, 2.05) is 36.1 Å². The van der Waals surface area contributed by atoms with Crippen LogP contribution in [0.1, 0.15) is 36.5 Å². The molecule has 0 bridgehead atoms. The largest absolute Gasteiger partial charge is 0.392 e. The summed E-state index contributed by atoms with van der Waals surface area (Å²) in [6.07, 6.45) is 1.54. The minimum atomic E-state index is -0.413. The molecule has 3 rings (SSSR count). The zero-order valence-electron chi connectivity index (χ0n) is 16.6. The third-order valence-electron chi connectivity index (χ3n) is 4.83. The SMILES string of the molecule is CCNC(=NCc1ccc(F)c(CO)c1)NCc1ccc(N2CCCC2=O)cc1. The quantitative estimate of drug-likeness (QED) is 0.495. The summed E-state index contributed by atoms with van der Waals surface area (Å²) in [7, 11) is 0. The van der Waals surface area contributed by atoms with E-state index in [0.717, 1.165) is 29.8 Å². The second-order valence-corrected chi connectivity index (χ2v) is 6.95. The Morgan fingerprint density at radius 1 is 1.17 bits per heavy atom. The summed E-state index contributed by atoms with van der Waals surface area (Å²) in [6.45, 7) is 4.12. The van der Waals surface area contributed by atoms with E-state index in [1.54, 1.807) is 12.1 Å². The average Bonchev–Trinajstić information content (AvgIpc) is 3.17. The molecular weight excluding hydrogens is 371 g/mol. The first-order valence-electron chi connectivity index (χ1n) is 9.90. The number of aliphatic hydroxyl groups is 1. The van der Waals surface area contributed by atoms with E-state index in [2.05, 4.69) is 15.6 Å². The number of nitrogens with zero attached hydrogens (tertiary/aromatic N) is 2. The van der Waals surface area contributed by atoms with Gasteiger partial charge < -0.3 is 20.6 Å². The molecule has 0 spiro atoms. The normalized spacial score (nSPS) is 14.4. The van der Waals surface area contributed by atoms with E-state index in [1.165, 1.54) is 6.07 Å². The molecule has 1 aliphatic rings. The Morgan fingerprint density at radius 2 is 1.93 bits per heavy atom. The fourth-order valence-corrected chi connectivity index (χ4v) is 3.26. The van der Waals surface area contributed by atoms with Crippen molar-refractivity contribution >= 4 is 17.6 Å². The molecule has 0 aliphatic carbocycles. The fraction of sp³-hybridized carbons (Fsp3) is 0.364. The van der Waals surface area contributed by atoms with Crippen molar-refractivity contribution < 1.29 is 14.3 Å². The molecule has 1 fully saturated rings. The first-order chi connectivity index (χ1) is 14.1. The summed E-state index contributed by atoms with van der Waals surface area (Å²) in [5.41, 5.74) is 3.11. The molecule has 154 valence electrons. The molecule has 29 heavy (non-hydrogen) atoms. The van der Waals surface area contributed by atoms with Crippen LogP contribution in [0.5, 0.6) is 0 Å². The Balaban J connectivity index is 1.60. The topological polar surface area (TPSA) is 77.0 Å². The zero-order valence-corrected chi connectivity index (χ0v) is 16.6. The number of aliphatic hydroxyl groups excluding tert-OH is 1. The summed E-state index contributed by atoms with van der Waals surface area (Å²) in [5.74, 6) is 0.424. The number of aliphatic imine (C=N–C) groups is 1. The van der Waals surface area contributed by atoms with E-state index < -0.39 is 5.82 Å². The maximum atomic E-state index is 13.5. The van der Waals surface area contributed by atoms with Crippen molar-refractivity contribution in [1.82, 2.24) is 10.6 Å². The molecule has 6 nitrogen and oxygen atoms in total. The van der Waals surface area contributed by atoms with Gasteiger partial charge in [0.15, 0.2) is 5.96 Å². The lowest BCUT2D eigenvalue weighted by Gasteiger charge is -2.16. The lowest BCUT2D eigenvalue weighted by atomic mass is 10.1. The predicted octanol–water partition coefficient (Wildman–Crippen LogP) is 2.70. The molecule has 1 saturated heterocycles. The highest BCUT2D eigenvalue weighted by Crippen LogP contribution is 2.21. The Bertz CT molecular complexity index is 868. The predicted molar refractivity (Wildman–Crippen MR) is 112 cm³/mol. The van der Waals surface area contributed by atoms with Crippen LogP contribution in [0.4, 0.5) is 10.1 Å². The number of carbonyl (C=O) groups is 1. The van der Waals surface area contributed by atoms with Crippen LogP contribution in [0.15, 0.2) is 47.5 Å². The summed E-state index contributed by atoms with van der Waals surface area (Å²) >= 11 is 0. The van der Waals surface area contributed by atoms with Gasteiger partial charge in [0.2, 0.25) is 5.91 Å². The Morgan fingerprint density at radius 3 is 2.59 bits per heavy atom. The second kappa shape index (κ2) is 10.0. The third kappa shape index (κ3) is 5.54. The maximum absolute atomic E-state index is 13.5. The van der Waals surface area contributed by atoms with Crippen LogP contribution in [-0.2, 0) is 24.5 Å². The second-order valence-electron chi connectivity index (χ2n) is 6.95. The molecule has 1 heterocycles. The highest BCUT2D eigenvalue weighted by Gasteiger charge is 2.21. The Labute approximate surface area is 170 Å². The van der Waals surface area contributed by atoms with Crippen LogP contribution >= 0.6 is 0 Å². The van der Waals surface area contributed by atoms with E-state index in [0.29, 0.717) is 32.0 Å². The molecule has 0 aromatic heterocycles. The number of hydrogen-bond acceptors (Lipinski definition) is 3. The van der Waals surface area contributed by atoms with Gasteiger partial charge in [0.1, 0.15) is 5.82 Å². The lowest BCUT2D eigenvalue weighted by Crippen LogP contribution is -2.36. The zero-order chi connectivity index (χ0) is 20.6.